The molecule has 1 heteroatoms. The predicted molar refractivity (Wildman–Crippen MR) is 45.5 cm³/mol. The van der Waals surface area contributed by atoms with Gasteiger partial charge in [-0.15, -0.1) is 0 Å². The number of hydrogen-bond acceptors (Lipinski definition) is 0. The predicted octanol–water partition coefficient (Wildman–Crippen LogP) is 2.62. The van der Waals surface area contributed by atoms with E-state index in [-0.39, 0.29) is 0 Å². The van der Waals surface area contributed by atoms with Gasteiger partial charge in [-0.2, -0.15) is 0 Å². The molecule has 0 saturated heterocycles. The molecule has 0 amide bonds. The van der Waals surface area contributed by atoms with E-state index in [2.05, 4.69) is 12.7 Å². The summed E-state index contributed by atoms with van der Waals surface area (Å²) >= 11 is 0. The molecule has 0 spiro atoms. The first kappa shape index (κ1) is 6.87. The van der Waals surface area contributed by atoms with Crippen molar-refractivity contribution in [2.75, 3.05) is 0 Å². The first-order valence-electron chi connectivity index (χ1n) is 3.29. The summed E-state index contributed by atoms with van der Waals surface area (Å²) in [5, 5.41) is 0. The normalized spacial score (nSPS) is 10.5. The van der Waals surface area contributed by atoms with Gasteiger partial charge in [-0.3, -0.25) is 0 Å². The smallest absolute Gasteiger partial charge is 0.0155 e. The van der Waals surface area contributed by atoms with Gasteiger partial charge in [-0.25, -0.2) is 0 Å². The van der Waals surface area contributed by atoms with Crippen molar-refractivity contribution in [2.45, 2.75) is 6.92 Å². The number of allylic oxidation sites excluding steroid dienone is 1. The summed E-state index contributed by atoms with van der Waals surface area (Å²) in [5.74, 6) is 0. The van der Waals surface area contributed by atoms with Gasteiger partial charge in [0.2, 0.25) is 0 Å². The molecule has 52 valence electrons. The van der Waals surface area contributed by atoms with E-state index in [1.54, 1.807) is 6.20 Å². The van der Waals surface area contributed by atoms with Gasteiger partial charge >= 0.3 is 0 Å². The van der Waals surface area contributed by atoms with Crippen LogP contribution in [0, 0.1) is 0 Å². The lowest BCUT2D eigenvalue weighted by Crippen LogP contribution is -1.74. The van der Waals surface area contributed by atoms with Crippen LogP contribution in [0.3, 0.4) is 0 Å². The van der Waals surface area contributed by atoms with Crippen LogP contribution in [0.2, 0.25) is 0 Å². The van der Waals surface area contributed by atoms with E-state index in [0.717, 1.165) is 0 Å². The van der Waals surface area contributed by atoms with E-state index < -0.39 is 0 Å². The first-order valence-corrected chi connectivity index (χ1v) is 3.29. The van der Waals surface area contributed by atoms with Crippen molar-refractivity contribution in [3.63, 3.8) is 0 Å². The third kappa shape index (κ3) is 1.38. The van der Waals surface area contributed by atoms with Crippen LogP contribution in [0.25, 0.3) is 12.3 Å². The maximum atomic E-state index is 3.64. The molecular weight excluding hydrogens is 122 g/mol. The number of rotatable bonds is 2. The van der Waals surface area contributed by atoms with Crippen molar-refractivity contribution in [1.29, 1.82) is 0 Å². The number of aromatic nitrogens is 1. The third-order valence-electron chi connectivity index (χ3n) is 1.31. The Morgan fingerprint density at radius 1 is 1.60 bits per heavy atom. The van der Waals surface area contributed by atoms with Crippen LogP contribution in [0.4, 0.5) is 0 Å². The van der Waals surface area contributed by atoms with Crippen LogP contribution in [0.1, 0.15) is 12.5 Å². The monoisotopic (exact) mass is 133 g/mol. The van der Waals surface area contributed by atoms with Crippen LogP contribution in [-0.2, 0) is 0 Å². The van der Waals surface area contributed by atoms with E-state index in [9.17, 15) is 0 Å². The summed E-state index contributed by atoms with van der Waals surface area (Å²) in [6.45, 7) is 5.65. The van der Waals surface area contributed by atoms with Gasteiger partial charge in [0.05, 0.1) is 0 Å². The standard InChI is InChI=1S/C9H11N/c1-3-5-9-6-7-10(4-2)8-9/h3-8H,2H2,1H3. The third-order valence-corrected chi connectivity index (χ3v) is 1.31. The maximum Gasteiger partial charge on any atom is 0.0155 e. The number of nitrogens with zero attached hydrogens (tertiary/aromatic N) is 1. The molecule has 0 aliphatic rings. The van der Waals surface area contributed by atoms with Gasteiger partial charge in [0.1, 0.15) is 0 Å². The molecule has 0 fully saturated rings. The van der Waals surface area contributed by atoms with Crippen LogP contribution in [0.15, 0.2) is 31.1 Å². The van der Waals surface area contributed by atoms with Gasteiger partial charge in [0.25, 0.3) is 0 Å². The molecule has 0 saturated carbocycles. The van der Waals surface area contributed by atoms with Gasteiger partial charge < -0.3 is 4.57 Å². The second kappa shape index (κ2) is 3.06. The van der Waals surface area contributed by atoms with E-state index in [1.165, 1.54) is 5.56 Å². The van der Waals surface area contributed by atoms with Crippen molar-refractivity contribution in [3.8, 4) is 0 Å². The lowest BCUT2D eigenvalue weighted by Gasteiger charge is -1.85. The minimum atomic E-state index is 1.21. The average Bonchev–Trinajstić information content (AvgIpc) is 2.37. The molecule has 0 aromatic carbocycles. The molecule has 0 N–H and O–H groups in total. The zero-order chi connectivity index (χ0) is 7.40. The summed E-state index contributed by atoms with van der Waals surface area (Å²) in [6.07, 6.45) is 9.84. The van der Waals surface area contributed by atoms with Crippen molar-refractivity contribution >= 4 is 12.3 Å². The van der Waals surface area contributed by atoms with Gasteiger partial charge in [-0.1, -0.05) is 18.7 Å². The minimum absolute atomic E-state index is 1.21. The Bertz CT molecular complexity index is 243. The lowest BCUT2D eigenvalue weighted by atomic mass is 10.3. The molecule has 1 nitrogen and oxygen atoms in total. The Labute approximate surface area is 61.3 Å². The molecule has 0 aliphatic heterocycles. The van der Waals surface area contributed by atoms with Gasteiger partial charge in [0.15, 0.2) is 0 Å². The molecule has 1 rings (SSSR count). The summed E-state index contributed by atoms with van der Waals surface area (Å²) in [5.41, 5.74) is 1.21. The minimum Gasteiger partial charge on any atom is -0.331 e. The van der Waals surface area contributed by atoms with Crippen LogP contribution in [0.5, 0.6) is 0 Å². The Hall–Kier alpha value is -1.24. The van der Waals surface area contributed by atoms with Gasteiger partial charge in [0, 0.05) is 18.6 Å². The summed E-state index contributed by atoms with van der Waals surface area (Å²) < 4.78 is 1.93. The average molecular weight is 133 g/mol. The van der Waals surface area contributed by atoms with E-state index in [0.29, 0.717) is 0 Å². The fraction of sp³-hybridized carbons (Fsp3) is 0.111. The molecule has 1 aromatic rings. The Morgan fingerprint density at radius 2 is 2.40 bits per heavy atom. The highest BCUT2D eigenvalue weighted by Gasteiger charge is 1.86. The topological polar surface area (TPSA) is 4.93 Å². The van der Waals surface area contributed by atoms with Crippen LogP contribution < -0.4 is 0 Å². The maximum absolute atomic E-state index is 3.64. The molecule has 0 radical (unpaired) electrons. The van der Waals surface area contributed by atoms with Crippen molar-refractivity contribution in [3.05, 3.63) is 36.7 Å². The van der Waals surface area contributed by atoms with E-state index in [1.807, 2.05) is 36.0 Å². The van der Waals surface area contributed by atoms with E-state index >= 15 is 0 Å². The molecule has 0 atom stereocenters. The molecule has 10 heavy (non-hydrogen) atoms. The number of hydrogen-bond donors (Lipinski definition) is 0. The Kier molecular flexibility index (Phi) is 2.11. The summed E-state index contributed by atoms with van der Waals surface area (Å²) in [6, 6.07) is 2.04. The van der Waals surface area contributed by atoms with Crippen molar-refractivity contribution in [1.82, 2.24) is 4.57 Å². The second-order valence-electron chi connectivity index (χ2n) is 2.07. The van der Waals surface area contributed by atoms with E-state index in [4.69, 9.17) is 0 Å². The zero-order valence-corrected chi connectivity index (χ0v) is 6.12. The lowest BCUT2D eigenvalue weighted by molar-refractivity contribution is 1.17. The molecule has 0 aliphatic carbocycles. The first-order chi connectivity index (χ1) is 4.86. The second-order valence-corrected chi connectivity index (χ2v) is 2.07. The highest BCUT2D eigenvalue weighted by Crippen LogP contribution is 2.02. The van der Waals surface area contributed by atoms with Crippen LogP contribution in [-0.4, -0.2) is 4.57 Å². The van der Waals surface area contributed by atoms with Crippen LogP contribution >= 0.6 is 0 Å². The fourth-order valence-corrected chi connectivity index (χ4v) is 0.835. The van der Waals surface area contributed by atoms with Crippen molar-refractivity contribution in [2.24, 2.45) is 0 Å². The van der Waals surface area contributed by atoms with Gasteiger partial charge in [-0.05, 0) is 18.6 Å². The van der Waals surface area contributed by atoms with Crippen molar-refractivity contribution < 1.29 is 0 Å². The quantitative estimate of drug-likeness (QED) is 0.584. The Balaban J connectivity index is 2.87. The highest BCUT2D eigenvalue weighted by molar-refractivity contribution is 5.48. The zero-order valence-electron chi connectivity index (χ0n) is 6.12. The molecule has 0 unspecified atom stereocenters. The Morgan fingerprint density at radius 3 is 2.90 bits per heavy atom. The molecular formula is C9H11N. The summed E-state index contributed by atoms with van der Waals surface area (Å²) in [4.78, 5) is 0. The molecule has 1 aromatic heterocycles. The SMILES string of the molecule is C=Cn1ccc(C=CC)c1. The highest BCUT2D eigenvalue weighted by atomic mass is 14.9. The fourth-order valence-electron chi connectivity index (χ4n) is 0.835. The molecule has 0 bridgehead atoms. The largest absolute Gasteiger partial charge is 0.331 e. The summed E-state index contributed by atoms with van der Waals surface area (Å²) in [7, 11) is 0. The molecule has 1 heterocycles.